The van der Waals surface area contributed by atoms with Crippen molar-refractivity contribution in [3.63, 3.8) is 0 Å². The molecule has 3 aliphatic heterocycles. The number of nitrogen functional groups attached to an aromatic ring is 1. The summed E-state index contributed by atoms with van der Waals surface area (Å²) in [6, 6.07) is 1.23. The first-order valence-corrected chi connectivity index (χ1v) is 15.1. The van der Waals surface area contributed by atoms with Gasteiger partial charge in [0.25, 0.3) is 5.56 Å². The van der Waals surface area contributed by atoms with Gasteiger partial charge in [-0.15, -0.1) is 0 Å². The number of rotatable bonds is 2. The second kappa shape index (κ2) is 10.7. The van der Waals surface area contributed by atoms with Crippen molar-refractivity contribution in [2.75, 3.05) is 18.9 Å². The predicted molar refractivity (Wildman–Crippen MR) is 132 cm³/mol. The van der Waals surface area contributed by atoms with Gasteiger partial charge in [0.2, 0.25) is 0 Å². The number of fused-ring (bicyclic) bond motifs is 3. The fourth-order valence-electron chi connectivity index (χ4n) is 4.80. The maximum Gasteiger partial charge on any atom is 0.472 e. The van der Waals surface area contributed by atoms with Gasteiger partial charge in [-0.1, -0.05) is 0 Å². The largest absolute Gasteiger partial charge is 0.472 e. The molecule has 3 aromatic rings. The molecule has 3 saturated heterocycles. The quantitative estimate of drug-likeness (QED) is 0.158. The molecular formula is C19H23N7O14P2. The van der Waals surface area contributed by atoms with Crippen molar-refractivity contribution in [1.29, 1.82) is 0 Å². The lowest BCUT2D eigenvalue weighted by molar-refractivity contribution is -0.0675. The summed E-state index contributed by atoms with van der Waals surface area (Å²) in [6.45, 7) is -1.70. The van der Waals surface area contributed by atoms with Crippen LogP contribution in [-0.2, 0) is 36.7 Å². The van der Waals surface area contributed by atoms with Crippen LogP contribution in [0.5, 0.6) is 0 Å². The van der Waals surface area contributed by atoms with E-state index in [-0.39, 0.29) is 17.0 Å². The van der Waals surface area contributed by atoms with Crippen LogP contribution < -0.4 is 17.0 Å². The summed E-state index contributed by atoms with van der Waals surface area (Å²) in [5.74, 6) is -0.121. The number of ether oxygens (including phenoxy) is 2. The predicted octanol–water partition coefficient (Wildman–Crippen LogP) is -2.51. The fourth-order valence-corrected chi connectivity index (χ4v) is 6.73. The van der Waals surface area contributed by atoms with Crippen LogP contribution in [0.2, 0.25) is 0 Å². The Kier molecular flexibility index (Phi) is 7.41. The summed E-state index contributed by atoms with van der Waals surface area (Å²) >= 11 is 0. The zero-order valence-electron chi connectivity index (χ0n) is 20.9. The Hall–Kier alpha value is -2.91. The molecule has 6 rings (SSSR count). The number of nitrogens with zero attached hydrogens (tertiary/aromatic N) is 5. The van der Waals surface area contributed by atoms with E-state index in [1.807, 2.05) is 0 Å². The van der Waals surface area contributed by atoms with Gasteiger partial charge in [0.1, 0.15) is 42.4 Å². The standard InChI is InChI=1S/C19H23N7O14P2/c20-9-1-2-25(19(30)24-9)17-11(27)13-7(37-17)3-35-42(33,34)40-14-8(4-36-41(31,32)39-13)38-18(12(14)28)26-6-23-10-15(26)21-5-22-16(10)29/h1-2,5-8,11-14,17-18,27-28H,3-4H2,(H,31,32)(H,33,34)(H2,20,24,30)(H,21,22,29)/t7-,8-,11-,12-,13-,14-,17-,18-/m1/s1. The number of aliphatic hydroxyl groups is 2. The van der Waals surface area contributed by atoms with Crippen molar-refractivity contribution in [2.45, 2.75) is 49.1 Å². The normalized spacial score (nSPS) is 39.3. The first-order chi connectivity index (χ1) is 19.8. The summed E-state index contributed by atoms with van der Waals surface area (Å²) in [5, 5.41) is 21.9. The number of anilines is 1. The summed E-state index contributed by atoms with van der Waals surface area (Å²) in [6.07, 6.45) is -9.56. The summed E-state index contributed by atoms with van der Waals surface area (Å²) in [4.78, 5) is 59.1. The number of nitrogens with two attached hydrogens (primary N) is 1. The highest BCUT2D eigenvalue weighted by Crippen LogP contribution is 2.53. The van der Waals surface area contributed by atoms with Crippen LogP contribution in [0.15, 0.2) is 34.5 Å². The van der Waals surface area contributed by atoms with E-state index in [1.165, 1.54) is 6.07 Å². The van der Waals surface area contributed by atoms with Gasteiger partial charge in [0, 0.05) is 6.20 Å². The van der Waals surface area contributed by atoms with E-state index in [0.29, 0.717) is 0 Å². The van der Waals surface area contributed by atoms with Crippen molar-refractivity contribution < 1.29 is 56.7 Å². The van der Waals surface area contributed by atoms with Crippen LogP contribution >= 0.6 is 15.6 Å². The molecule has 0 radical (unpaired) electrons. The van der Waals surface area contributed by atoms with Crippen LogP contribution in [0.3, 0.4) is 0 Å². The van der Waals surface area contributed by atoms with Gasteiger partial charge in [0.15, 0.2) is 23.6 Å². The van der Waals surface area contributed by atoms with Crippen molar-refractivity contribution in [1.82, 2.24) is 29.1 Å². The first-order valence-electron chi connectivity index (χ1n) is 12.1. The van der Waals surface area contributed by atoms with Gasteiger partial charge in [-0.25, -0.2) is 23.9 Å². The van der Waals surface area contributed by atoms with E-state index in [0.717, 1.165) is 28.0 Å². The summed E-state index contributed by atoms with van der Waals surface area (Å²) in [7, 11) is -10.1. The molecule has 3 aromatic heterocycles. The number of aromatic nitrogens is 6. The number of phosphoric ester groups is 2. The minimum Gasteiger partial charge on any atom is -0.386 e. The molecule has 0 aliphatic carbocycles. The first kappa shape index (κ1) is 29.2. The Morgan fingerprint density at radius 3 is 2.07 bits per heavy atom. The molecule has 3 fully saturated rings. The van der Waals surface area contributed by atoms with Gasteiger partial charge < -0.3 is 40.2 Å². The highest BCUT2D eigenvalue weighted by molar-refractivity contribution is 7.47. The summed E-state index contributed by atoms with van der Waals surface area (Å²) in [5.41, 5.74) is 3.86. The third kappa shape index (κ3) is 5.34. The SMILES string of the molecule is Nc1ccn([C@@H]2O[C@@H]3COP(=O)(O)O[C@H]4[C@@H](O)[C@H](n5cnc6c(=O)[nH]cnc65)O[C@@H]4COP(=O)(O)O[C@H]3[C@H]2O)c(=O)n1. The van der Waals surface area contributed by atoms with Crippen LogP contribution in [0.4, 0.5) is 5.82 Å². The molecular weight excluding hydrogens is 612 g/mol. The van der Waals surface area contributed by atoms with Gasteiger partial charge in [-0.3, -0.25) is 32.0 Å². The molecule has 3 aliphatic rings. The number of phosphoric acid groups is 2. The lowest BCUT2D eigenvalue weighted by Gasteiger charge is -2.27. The third-order valence-electron chi connectivity index (χ3n) is 6.70. The Labute approximate surface area is 232 Å². The van der Waals surface area contributed by atoms with Crippen LogP contribution in [0, 0.1) is 0 Å². The second-order valence-corrected chi connectivity index (χ2v) is 12.2. The number of hydrogen-bond acceptors (Lipinski definition) is 16. The van der Waals surface area contributed by atoms with Gasteiger partial charge in [-0.05, 0) is 6.07 Å². The smallest absolute Gasteiger partial charge is 0.386 e. The molecule has 21 nitrogen and oxygen atoms in total. The van der Waals surface area contributed by atoms with E-state index in [1.54, 1.807) is 0 Å². The lowest BCUT2D eigenvalue weighted by Crippen LogP contribution is -2.39. The number of H-pyrrole nitrogens is 1. The molecule has 0 amide bonds. The topological polar surface area (TPSA) is 295 Å². The van der Waals surface area contributed by atoms with Crippen molar-refractivity contribution in [3.8, 4) is 0 Å². The van der Waals surface area contributed by atoms with E-state index in [9.17, 15) is 38.7 Å². The second-order valence-electron chi connectivity index (χ2n) is 9.38. The average molecular weight is 635 g/mol. The molecule has 0 aromatic carbocycles. The van der Waals surface area contributed by atoms with Gasteiger partial charge in [-0.2, -0.15) is 4.98 Å². The average Bonchev–Trinajstić information content (AvgIpc) is 3.57. The molecule has 2 unspecified atom stereocenters. The lowest BCUT2D eigenvalue weighted by atomic mass is 10.1. The summed E-state index contributed by atoms with van der Waals surface area (Å²) < 4.78 is 59.6. The van der Waals surface area contributed by atoms with Gasteiger partial charge >= 0.3 is 21.3 Å². The molecule has 0 saturated carbocycles. The minimum absolute atomic E-state index is 0.00967. The minimum atomic E-state index is -5.05. The van der Waals surface area contributed by atoms with Crippen LogP contribution in [0.25, 0.3) is 11.2 Å². The van der Waals surface area contributed by atoms with Crippen LogP contribution in [0.1, 0.15) is 12.5 Å². The third-order valence-corrected chi connectivity index (χ3v) is 8.67. The molecule has 0 bridgehead atoms. The maximum atomic E-state index is 12.9. The van der Waals surface area contributed by atoms with E-state index >= 15 is 0 Å². The Bertz CT molecular complexity index is 1710. The fraction of sp³-hybridized carbons (Fsp3) is 0.526. The number of imidazole rings is 1. The molecule has 23 heteroatoms. The van der Waals surface area contributed by atoms with E-state index in [2.05, 4.69) is 19.9 Å². The molecule has 10 atom stereocenters. The Morgan fingerprint density at radius 2 is 1.50 bits per heavy atom. The molecule has 7 N–H and O–H groups in total. The zero-order valence-corrected chi connectivity index (χ0v) is 22.7. The number of nitrogens with one attached hydrogen (secondary N) is 1. The molecule has 228 valence electrons. The Morgan fingerprint density at radius 1 is 0.929 bits per heavy atom. The number of aromatic amines is 1. The van der Waals surface area contributed by atoms with Crippen molar-refractivity contribution >= 4 is 32.6 Å². The maximum absolute atomic E-state index is 12.9. The highest BCUT2D eigenvalue weighted by Gasteiger charge is 2.53. The van der Waals surface area contributed by atoms with E-state index in [4.69, 9.17) is 33.3 Å². The highest BCUT2D eigenvalue weighted by atomic mass is 31.2. The Balaban J connectivity index is 1.28. The molecule has 6 heterocycles. The van der Waals surface area contributed by atoms with Crippen LogP contribution in [-0.4, -0.2) is 98.9 Å². The van der Waals surface area contributed by atoms with Crippen molar-refractivity contribution in [2.24, 2.45) is 0 Å². The number of aliphatic hydroxyl groups excluding tert-OH is 2. The molecule has 0 spiro atoms. The van der Waals surface area contributed by atoms with E-state index < -0.39 is 89.2 Å². The molecule has 42 heavy (non-hydrogen) atoms. The number of hydrogen-bond donors (Lipinski definition) is 6. The monoisotopic (exact) mass is 635 g/mol. The zero-order chi connectivity index (χ0) is 30.0. The van der Waals surface area contributed by atoms with Gasteiger partial charge in [0.05, 0.1) is 25.9 Å². The van der Waals surface area contributed by atoms with Crippen molar-refractivity contribution in [3.05, 3.63) is 45.8 Å².